The van der Waals surface area contributed by atoms with Crippen molar-refractivity contribution in [2.24, 2.45) is 0 Å². The molecule has 0 saturated heterocycles. The summed E-state index contributed by atoms with van der Waals surface area (Å²) in [4.78, 5) is 11.2. The molecule has 0 aliphatic heterocycles. The fourth-order valence-electron chi connectivity index (χ4n) is 0.879. The Balaban J connectivity index is 2.74. The van der Waals surface area contributed by atoms with E-state index in [-0.39, 0.29) is 5.97 Å². The third-order valence-electron chi connectivity index (χ3n) is 1.52. The fourth-order valence-corrected chi connectivity index (χ4v) is 0.879. The molecule has 0 fully saturated rings. The predicted octanol–water partition coefficient (Wildman–Crippen LogP) is 1.67. The summed E-state index contributed by atoms with van der Waals surface area (Å²) in [5.74, 6) is 0.273. The zero-order valence-electron chi connectivity index (χ0n) is 7.66. The van der Waals surface area contributed by atoms with Gasteiger partial charge < -0.3 is 9.47 Å². The van der Waals surface area contributed by atoms with E-state index in [2.05, 4.69) is 6.07 Å². The van der Waals surface area contributed by atoms with E-state index in [4.69, 9.17) is 9.47 Å². The number of rotatable bonds is 3. The molecule has 0 spiro atoms. The van der Waals surface area contributed by atoms with Crippen molar-refractivity contribution < 1.29 is 14.3 Å². The molecule has 13 heavy (non-hydrogen) atoms. The first-order valence-corrected chi connectivity index (χ1v) is 4.00. The second kappa shape index (κ2) is 4.50. The lowest BCUT2D eigenvalue weighted by atomic mass is 10.2. The van der Waals surface area contributed by atoms with Crippen molar-refractivity contribution in [1.82, 2.24) is 0 Å². The van der Waals surface area contributed by atoms with E-state index in [0.29, 0.717) is 17.9 Å². The minimum Gasteiger partial charge on any atom is -0.496 e. The van der Waals surface area contributed by atoms with Crippen LogP contribution in [0.25, 0.3) is 0 Å². The topological polar surface area (TPSA) is 35.5 Å². The summed E-state index contributed by atoms with van der Waals surface area (Å²) in [6.45, 7) is 2.15. The first-order chi connectivity index (χ1) is 6.27. The average molecular weight is 179 g/mol. The van der Waals surface area contributed by atoms with E-state index in [1.54, 1.807) is 32.2 Å². The van der Waals surface area contributed by atoms with Gasteiger partial charge >= 0.3 is 5.97 Å². The van der Waals surface area contributed by atoms with E-state index in [1.165, 1.54) is 0 Å². The standard InChI is InChI=1S/C10H11O3/c1-3-13-10(11)8-4-6-9(12-2)7-5-8/h4-6H,3H2,1-2H3. The summed E-state index contributed by atoms with van der Waals surface area (Å²) in [7, 11) is 1.55. The van der Waals surface area contributed by atoms with E-state index in [0.717, 1.165) is 0 Å². The molecule has 1 rings (SSSR count). The van der Waals surface area contributed by atoms with Crippen molar-refractivity contribution >= 4 is 5.97 Å². The van der Waals surface area contributed by atoms with Crippen LogP contribution in [0.5, 0.6) is 5.75 Å². The number of hydrogen-bond acceptors (Lipinski definition) is 3. The Hall–Kier alpha value is -1.51. The average Bonchev–Trinajstić information content (AvgIpc) is 2.18. The van der Waals surface area contributed by atoms with E-state index in [9.17, 15) is 4.79 Å². The van der Waals surface area contributed by atoms with Crippen LogP contribution in [0.4, 0.5) is 0 Å². The highest BCUT2D eigenvalue weighted by atomic mass is 16.5. The number of carbonyl (C=O) groups excluding carboxylic acids is 1. The number of carbonyl (C=O) groups is 1. The first kappa shape index (κ1) is 9.58. The summed E-state index contributed by atoms with van der Waals surface area (Å²) in [6.07, 6.45) is 0. The molecule has 0 unspecified atom stereocenters. The highest BCUT2D eigenvalue weighted by molar-refractivity contribution is 5.89. The van der Waals surface area contributed by atoms with Crippen LogP contribution in [-0.4, -0.2) is 19.7 Å². The van der Waals surface area contributed by atoms with Crippen molar-refractivity contribution in [2.75, 3.05) is 13.7 Å². The molecule has 1 aromatic carbocycles. The van der Waals surface area contributed by atoms with Gasteiger partial charge in [-0.15, -0.1) is 0 Å². The predicted molar refractivity (Wildman–Crippen MR) is 47.8 cm³/mol. The lowest BCUT2D eigenvalue weighted by molar-refractivity contribution is 0.0526. The number of hydrogen-bond donors (Lipinski definition) is 0. The van der Waals surface area contributed by atoms with Crippen LogP contribution in [-0.2, 0) is 4.74 Å². The van der Waals surface area contributed by atoms with Gasteiger partial charge in [0.2, 0.25) is 0 Å². The van der Waals surface area contributed by atoms with E-state index in [1.807, 2.05) is 0 Å². The fraction of sp³-hybridized carbons (Fsp3) is 0.300. The van der Waals surface area contributed by atoms with Crippen LogP contribution in [0.3, 0.4) is 0 Å². The monoisotopic (exact) mass is 179 g/mol. The van der Waals surface area contributed by atoms with Crippen LogP contribution >= 0.6 is 0 Å². The van der Waals surface area contributed by atoms with Crippen LogP contribution in [0.2, 0.25) is 0 Å². The molecule has 1 radical (unpaired) electrons. The molecule has 0 aliphatic rings. The molecule has 0 N–H and O–H groups in total. The van der Waals surface area contributed by atoms with Gasteiger partial charge in [0.25, 0.3) is 0 Å². The van der Waals surface area contributed by atoms with Crippen molar-refractivity contribution in [3.63, 3.8) is 0 Å². The molecule has 0 saturated carbocycles. The number of benzene rings is 1. The van der Waals surface area contributed by atoms with Gasteiger partial charge in [0, 0.05) is 6.07 Å². The normalized spacial score (nSPS) is 9.38. The summed E-state index contributed by atoms with van der Waals surface area (Å²) in [5, 5.41) is 0. The van der Waals surface area contributed by atoms with Crippen LogP contribution in [0.15, 0.2) is 18.2 Å². The van der Waals surface area contributed by atoms with Gasteiger partial charge in [0.05, 0.1) is 19.3 Å². The summed E-state index contributed by atoms with van der Waals surface area (Å²) in [5.41, 5.74) is 0.489. The second-order valence-electron chi connectivity index (χ2n) is 2.37. The molecule has 3 heteroatoms. The zero-order valence-corrected chi connectivity index (χ0v) is 7.66. The Morgan fingerprint density at radius 3 is 2.77 bits per heavy atom. The van der Waals surface area contributed by atoms with Gasteiger partial charge in [0.15, 0.2) is 0 Å². The molecular formula is C10H11O3. The van der Waals surface area contributed by atoms with Gasteiger partial charge in [-0.3, -0.25) is 0 Å². The quantitative estimate of drug-likeness (QED) is 0.662. The molecular weight excluding hydrogens is 168 g/mol. The highest BCUT2D eigenvalue weighted by Gasteiger charge is 2.05. The highest BCUT2D eigenvalue weighted by Crippen LogP contribution is 2.10. The molecule has 69 valence electrons. The van der Waals surface area contributed by atoms with Crippen molar-refractivity contribution in [1.29, 1.82) is 0 Å². The summed E-state index contributed by atoms with van der Waals surface area (Å²) in [6, 6.07) is 7.67. The molecule has 0 heterocycles. The Morgan fingerprint density at radius 2 is 2.31 bits per heavy atom. The maximum atomic E-state index is 11.2. The molecule has 3 nitrogen and oxygen atoms in total. The minimum atomic E-state index is -0.332. The maximum Gasteiger partial charge on any atom is 0.338 e. The van der Waals surface area contributed by atoms with Crippen molar-refractivity contribution in [3.8, 4) is 5.75 Å². The maximum absolute atomic E-state index is 11.2. The second-order valence-corrected chi connectivity index (χ2v) is 2.37. The lowest BCUT2D eigenvalue weighted by Crippen LogP contribution is -2.04. The third-order valence-corrected chi connectivity index (χ3v) is 1.52. The summed E-state index contributed by atoms with van der Waals surface area (Å²) < 4.78 is 9.70. The smallest absolute Gasteiger partial charge is 0.338 e. The Bertz CT molecular complexity index is 277. The Kier molecular flexibility index (Phi) is 3.31. The lowest BCUT2D eigenvalue weighted by Gasteiger charge is -2.02. The third kappa shape index (κ3) is 2.47. The van der Waals surface area contributed by atoms with E-state index >= 15 is 0 Å². The molecule has 0 amide bonds. The van der Waals surface area contributed by atoms with Gasteiger partial charge in [-0.25, -0.2) is 4.79 Å². The zero-order chi connectivity index (χ0) is 9.68. The first-order valence-electron chi connectivity index (χ1n) is 4.00. The van der Waals surface area contributed by atoms with Crippen molar-refractivity contribution in [3.05, 3.63) is 29.8 Å². The van der Waals surface area contributed by atoms with Crippen LogP contribution in [0, 0.1) is 6.07 Å². The van der Waals surface area contributed by atoms with E-state index < -0.39 is 0 Å². The largest absolute Gasteiger partial charge is 0.496 e. The van der Waals surface area contributed by atoms with Crippen LogP contribution in [0.1, 0.15) is 17.3 Å². The number of esters is 1. The van der Waals surface area contributed by atoms with Gasteiger partial charge in [-0.2, -0.15) is 0 Å². The molecule has 0 aromatic heterocycles. The Morgan fingerprint density at radius 1 is 1.54 bits per heavy atom. The van der Waals surface area contributed by atoms with Gasteiger partial charge in [0.1, 0.15) is 5.75 Å². The van der Waals surface area contributed by atoms with Gasteiger partial charge in [-0.1, -0.05) is 0 Å². The summed E-state index contributed by atoms with van der Waals surface area (Å²) >= 11 is 0. The van der Waals surface area contributed by atoms with Crippen LogP contribution < -0.4 is 4.74 Å². The molecule has 0 aliphatic carbocycles. The molecule has 1 aromatic rings. The molecule has 0 atom stereocenters. The Labute approximate surface area is 77.3 Å². The molecule has 0 bridgehead atoms. The SMILES string of the molecule is CCOC(=O)c1c[c]c(OC)cc1. The van der Waals surface area contributed by atoms with Crippen molar-refractivity contribution in [2.45, 2.75) is 6.92 Å². The minimum absolute atomic E-state index is 0.332. The van der Waals surface area contributed by atoms with Gasteiger partial charge in [-0.05, 0) is 25.1 Å². The number of methoxy groups -OCH3 is 1. The number of ether oxygens (including phenoxy) is 2.